The van der Waals surface area contributed by atoms with Gasteiger partial charge < -0.3 is 19.4 Å². The van der Waals surface area contributed by atoms with Crippen molar-refractivity contribution in [2.45, 2.75) is 0 Å². The molecule has 1 amide bonds. The number of ether oxygens (including phenoxy) is 2. The minimum atomic E-state index is -1.48. The lowest BCUT2D eigenvalue weighted by molar-refractivity contribution is -0.255. The Labute approximate surface area is 159 Å². The summed E-state index contributed by atoms with van der Waals surface area (Å²) >= 11 is 11.8. The van der Waals surface area contributed by atoms with Crippen molar-refractivity contribution >= 4 is 41.3 Å². The van der Waals surface area contributed by atoms with E-state index in [0.717, 1.165) is 6.21 Å². The van der Waals surface area contributed by atoms with Crippen molar-refractivity contribution in [3.8, 4) is 11.5 Å². The number of carbonyl (C=O) groups is 2. The third-order valence-electron chi connectivity index (χ3n) is 3.32. The van der Waals surface area contributed by atoms with Crippen LogP contribution in [-0.2, 0) is 0 Å². The fourth-order valence-electron chi connectivity index (χ4n) is 2.15. The third-order valence-corrected chi connectivity index (χ3v) is 3.89. The Morgan fingerprint density at radius 1 is 1.15 bits per heavy atom. The topological polar surface area (TPSA) is 100 Å². The average Bonchev–Trinajstić information content (AvgIpc) is 2.62. The molecular weight excluding hydrogens is 383 g/mol. The third kappa shape index (κ3) is 4.25. The molecule has 0 saturated carbocycles. The monoisotopic (exact) mass is 395 g/mol. The lowest BCUT2D eigenvalue weighted by Crippen LogP contribution is -2.25. The first kappa shape index (κ1) is 19.6. The van der Waals surface area contributed by atoms with Gasteiger partial charge in [-0.25, -0.2) is 5.43 Å². The van der Waals surface area contributed by atoms with Crippen LogP contribution < -0.4 is 20.0 Å². The molecule has 7 nitrogen and oxygen atoms in total. The second-order valence-electron chi connectivity index (χ2n) is 4.88. The summed E-state index contributed by atoms with van der Waals surface area (Å²) in [5.41, 5.74) is 2.27. The van der Waals surface area contributed by atoms with Crippen molar-refractivity contribution in [1.29, 1.82) is 0 Å². The molecule has 0 bridgehead atoms. The molecule has 26 heavy (non-hydrogen) atoms. The summed E-state index contributed by atoms with van der Waals surface area (Å²) in [6.45, 7) is 0. The Morgan fingerprint density at radius 2 is 1.88 bits per heavy atom. The van der Waals surface area contributed by atoms with Gasteiger partial charge in [0, 0.05) is 10.6 Å². The van der Waals surface area contributed by atoms with Crippen molar-refractivity contribution < 1.29 is 24.2 Å². The molecule has 1 N–H and O–H groups in total. The number of halogens is 2. The van der Waals surface area contributed by atoms with Crippen molar-refractivity contribution in [1.82, 2.24) is 5.43 Å². The number of hydrazone groups is 1. The number of benzene rings is 2. The van der Waals surface area contributed by atoms with Gasteiger partial charge in [0.15, 0.2) is 11.5 Å². The number of nitrogens with one attached hydrogen (secondary N) is 1. The number of aromatic carboxylic acids is 1. The summed E-state index contributed by atoms with van der Waals surface area (Å²) < 4.78 is 10.1. The molecule has 136 valence electrons. The van der Waals surface area contributed by atoms with Gasteiger partial charge in [-0.15, -0.1) is 0 Å². The average molecular weight is 396 g/mol. The smallest absolute Gasteiger partial charge is 0.272 e. The molecule has 0 atom stereocenters. The summed E-state index contributed by atoms with van der Waals surface area (Å²) in [5, 5.41) is 15.7. The summed E-state index contributed by atoms with van der Waals surface area (Å²) in [6.07, 6.45) is 1.14. The lowest BCUT2D eigenvalue weighted by Gasteiger charge is -2.15. The zero-order valence-corrected chi connectivity index (χ0v) is 15.2. The molecule has 0 aliphatic rings. The van der Waals surface area contributed by atoms with Crippen LogP contribution in [0.15, 0.2) is 35.4 Å². The number of methoxy groups -OCH3 is 2. The predicted molar refractivity (Wildman–Crippen MR) is 95.4 cm³/mol. The van der Waals surface area contributed by atoms with Gasteiger partial charge in [0.25, 0.3) is 5.91 Å². The molecule has 0 saturated heterocycles. The van der Waals surface area contributed by atoms with E-state index in [4.69, 9.17) is 32.7 Å². The summed E-state index contributed by atoms with van der Waals surface area (Å²) in [4.78, 5) is 23.6. The molecule has 0 unspecified atom stereocenters. The number of nitrogens with zero attached hydrogens (tertiary/aromatic N) is 1. The number of hydrogen-bond donors (Lipinski definition) is 1. The van der Waals surface area contributed by atoms with E-state index < -0.39 is 11.9 Å². The highest BCUT2D eigenvalue weighted by Gasteiger charge is 2.15. The highest BCUT2D eigenvalue weighted by molar-refractivity contribution is 6.35. The standard InChI is InChI=1S/C17H14Cl2N2O5/c1-25-13-6-3-9(14(17(23)24)15(13)26-2)8-20-21-16(22)11-7-10(18)4-5-12(11)19/h3-8H,1-2H3,(H,21,22)(H,23,24)/p-1/b20-8-. The van der Waals surface area contributed by atoms with E-state index in [1.165, 1.54) is 38.5 Å². The van der Waals surface area contributed by atoms with Crippen LogP contribution in [-0.4, -0.2) is 32.3 Å². The molecule has 0 spiro atoms. The Morgan fingerprint density at radius 3 is 2.50 bits per heavy atom. The Bertz CT molecular complexity index is 884. The number of carbonyl (C=O) groups excluding carboxylic acids is 2. The van der Waals surface area contributed by atoms with Gasteiger partial charge in [0.1, 0.15) is 0 Å². The maximum atomic E-state index is 12.1. The van der Waals surface area contributed by atoms with E-state index in [0.29, 0.717) is 5.02 Å². The van der Waals surface area contributed by atoms with Crippen LogP contribution in [0.2, 0.25) is 10.0 Å². The normalized spacial score (nSPS) is 10.6. The van der Waals surface area contributed by atoms with Gasteiger partial charge in [-0.2, -0.15) is 5.10 Å². The SMILES string of the molecule is COc1ccc(/C=N\NC(=O)c2cc(Cl)ccc2Cl)c(C(=O)[O-])c1OC. The summed E-state index contributed by atoms with van der Waals surface area (Å²) in [7, 11) is 2.67. The van der Waals surface area contributed by atoms with Gasteiger partial charge in [0.05, 0.1) is 42.6 Å². The predicted octanol–water partition coefficient (Wildman–Crippen LogP) is 2.14. The number of rotatable bonds is 6. The lowest BCUT2D eigenvalue weighted by atomic mass is 10.1. The summed E-state index contributed by atoms with van der Waals surface area (Å²) in [5.74, 6) is -1.88. The molecule has 0 aromatic heterocycles. The van der Waals surface area contributed by atoms with E-state index >= 15 is 0 Å². The van der Waals surface area contributed by atoms with Crippen LogP contribution in [0.4, 0.5) is 0 Å². The number of amides is 1. The molecule has 0 radical (unpaired) electrons. The molecule has 2 aromatic carbocycles. The Hall–Kier alpha value is -2.77. The van der Waals surface area contributed by atoms with Gasteiger partial charge in [-0.3, -0.25) is 4.79 Å². The van der Waals surface area contributed by atoms with Gasteiger partial charge >= 0.3 is 0 Å². The fraction of sp³-hybridized carbons (Fsp3) is 0.118. The molecule has 2 aromatic rings. The minimum Gasteiger partial charge on any atom is -0.545 e. The molecule has 0 heterocycles. The van der Waals surface area contributed by atoms with E-state index in [2.05, 4.69) is 10.5 Å². The zero-order valence-electron chi connectivity index (χ0n) is 13.7. The summed E-state index contributed by atoms with van der Waals surface area (Å²) in [6, 6.07) is 7.35. The first-order valence-electron chi connectivity index (χ1n) is 7.13. The number of carboxylic acids is 1. The van der Waals surface area contributed by atoms with E-state index in [9.17, 15) is 14.7 Å². The second kappa shape index (κ2) is 8.55. The fourth-order valence-corrected chi connectivity index (χ4v) is 2.53. The Kier molecular flexibility index (Phi) is 6.43. The first-order chi connectivity index (χ1) is 12.4. The highest BCUT2D eigenvalue weighted by atomic mass is 35.5. The quantitative estimate of drug-likeness (QED) is 0.596. The van der Waals surface area contributed by atoms with Crippen LogP contribution in [0, 0.1) is 0 Å². The second-order valence-corrected chi connectivity index (χ2v) is 5.72. The largest absolute Gasteiger partial charge is 0.545 e. The van der Waals surface area contributed by atoms with Crippen LogP contribution in [0.5, 0.6) is 11.5 Å². The first-order valence-corrected chi connectivity index (χ1v) is 7.89. The van der Waals surface area contributed by atoms with Crippen molar-refractivity contribution in [3.05, 3.63) is 57.1 Å². The molecule has 2 rings (SSSR count). The number of carboxylic acid groups (broad SMARTS) is 1. The molecule has 0 aliphatic heterocycles. The van der Waals surface area contributed by atoms with E-state index in [-0.39, 0.29) is 33.2 Å². The van der Waals surface area contributed by atoms with Crippen LogP contribution in [0.1, 0.15) is 26.3 Å². The number of hydrogen-bond acceptors (Lipinski definition) is 6. The van der Waals surface area contributed by atoms with Crippen LogP contribution in [0.3, 0.4) is 0 Å². The maximum Gasteiger partial charge on any atom is 0.272 e. The highest BCUT2D eigenvalue weighted by Crippen LogP contribution is 2.32. The van der Waals surface area contributed by atoms with Crippen molar-refractivity contribution in [2.24, 2.45) is 5.10 Å². The van der Waals surface area contributed by atoms with E-state index in [1.807, 2.05) is 0 Å². The molecular formula is C17H13Cl2N2O5-. The zero-order chi connectivity index (χ0) is 19.3. The van der Waals surface area contributed by atoms with Gasteiger partial charge in [0.2, 0.25) is 0 Å². The van der Waals surface area contributed by atoms with E-state index in [1.54, 1.807) is 6.07 Å². The Balaban J connectivity index is 2.29. The maximum absolute atomic E-state index is 12.1. The van der Waals surface area contributed by atoms with Gasteiger partial charge in [-0.05, 0) is 30.3 Å². The van der Waals surface area contributed by atoms with Crippen LogP contribution >= 0.6 is 23.2 Å². The van der Waals surface area contributed by atoms with Crippen LogP contribution in [0.25, 0.3) is 0 Å². The van der Waals surface area contributed by atoms with Crippen molar-refractivity contribution in [3.63, 3.8) is 0 Å². The van der Waals surface area contributed by atoms with Crippen molar-refractivity contribution in [2.75, 3.05) is 14.2 Å². The minimum absolute atomic E-state index is 0.0133. The molecule has 9 heteroatoms. The molecule has 0 aliphatic carbocycles. The van der Waals surface area contributed by atoms with Gasteiger partial charge in [-0.1, -0.05) is 23.2 Å². The molecule has 0 fully saturated rings.